The van der Waals surface area contributed by atoms with Crippen molar-refractivity contribution in [2.24, 2.45) is 11.7 Å². The predicted octanol–water partition coefficient (Wildman–Crippen LogP) is 2.43. The van der Waals surface area contributed by atoms with Gasteiger partial charge in [-0.2, -0.15) is 0 Å². The van der Waals surface area contributed by atoms with Gasteiger partial charge in [-0.15, -0.1) is 0 Å². The van der Waals surface area contributed by atoms with Crippen LogP contribution in [0.4, 0.5) is 0 Å². The molecule has 0 aromatic rings. The summed E-state index contributed by atoms with van der Waals surface area (Å²) in [5.74, 6) is 0.967. The van der Waals surface area contributed by atoms with Crippen LogP contribution in [0.1, 0.15) is 57.8 Å². The maximum absolute atomic E-state index is 5.91. The van der Waals surface area contributed by atoms with Crippen molar-refractivity contribution >= 4 is 0 Å². The first-order valence-corrected chi connectivity index (χ1v) is 6.83. The molecule has 0 bridgehead atoms. The first kappa shape index (κ1) is 11.4. The van der Waals surface area contributed by atoms with E-state index in [1.807, 2.05) is 0 Å². The summed E-state index contributed by atoms with van der Waals surface area (Å²) in [7, 11) is 0. The lowest BCUT2D eigenvalue weighted by Gasteiger charge is -2.29. The van der Waals surface area contributed by atoms with Crippen LogP contribution in [0.5, 0.6) is 0 Å². The fourth-order valence-electron chi connectivity index (χ4n) is 3.05. The molecular formula is C13H26N2. The van der Waals surface area contributed by atoms with Crippen LogP contribution in [0.2, 0.25) is 0 Å². The van der Waals surface area contributed by atoms with Crippen LogP contribution in [-0.2, 0) is 0 Å². The van der Waals surface area contributed by atoms with Gasteiger partial charge in [-0.3, -0.25) is 0 Å². The maximum atomic E-state index is 5.91. The second kappa shape index (κ2) is 5.86. The van der Waals surface area contributed by atoms with Crippen molar-refractivity contribution < 1.29 is 0 Å². The smallest absolute Gasteiger partial charge is 0.00683 e. The summed E-state index contributed by atoms with van der Waals surface area (Å²) in [6.07, 6.45) is 12.4. The van der Waals surface area contributed by atoms with Crippen LogP contribution in [0.15, 0.2) is 0 Å². The Morgan fingerprint density at radius 2 is 1.53 bits per heavy atom. The quantitative estimate of drug-likeness (QED) is 0.751. The molecule has 0 aliphatic heterocycles. The van der Waals surface area contributed by atoms with Crippen LogP contribution in [-0.4, -0.2) is 18.6 Å². The molecule has 2 nitrogen and oxygen atoms in total. The van der Waals surface area contributed by atoms with Gasteiger partial charge in [-0.05, 0) is 51.0 Å². The van der Waals surface area contributed by atoms with Crippen molar-refractivity contribution in [3.63, 3.8) is 0 Å². The third-order valence-electron chi connectivity index (χ3n) is 4.19. The molecule has 0 saturated heterocycles. The SMILES string of the molecule is NC1CCC(NCC2CCCCC2)CC1. The van der Waals surface area contributed by atoms with Crippen molar-refractivity contribution in [3.05, 3.63) is 0 Å². The lowest BCUT2D eigenvalue weighted by molar-refractivity contribution is 0.290. The van der Waals surface area contributed by atoms with Crippen molar-refractivity contribution in [2.45, 2.75) is 69.9 Å². The first-order valence-electron chi connectivity index (χ1n) is 6.83. The van der Waals surface area contributed by atoms with Gasteiger partial charge in [-0.25, -0.2) is 0 Å². The molecule has 15 heavy (non-hydrogen) atoms. The van der Waals surface area contributed by atoms with E-state index >= 15 is 0 Å². The number of hydrogen-bond acceptors (Lipinski definition) is 2. The summed E-state index contributed by atoms with van der Waals surface area (Å²) in [4.78, 5) is 0. The fourth-order valence-corrected chi connectivity index (χ4v) is 3.05. The average molecular weight is 210 g/mol. The third-order valence-corrected chi connectivity index (χ3v) is 4.19. The molecular weight excluding hydrogens is 184 g/mol. The highest BCUT2D eigenvalue weighted by molar-refractivity contribution is 4.80. The molecule has 2 aliphatic rings. The second-order valence-corrected chi connectivity index (χ2v) is 5.52. The molecule has 3 N–H and O–H groups in total. The normalized spacial score (nSPS) is 34.2. The predicted molar refractivity (Wildman–Crippen MR) is 64.8 cm³/mol. The fraction of sp³-hybridized carbons (Fsp3) is 1.00. The summed E-state index contributed by atoms with van der Waals surface area (Å²) in [6, 6.07) is 1.25. The Hall–Kier alpha value is -0.0800. The van der Waals surface area contributed by atoms with E-state index in [1.54, 1.807) is 0 Å². The summed E-state index contributed by atoms with van der Waals surface area (Å²) in [5.41, 5.74) is 5.91. The first-order chi connectivity index (χ1) is 7.34. The molecule has 2 aliphatic carbocycles. The minimum Gasteiger partial charge on any atom is -0.328 e. The Labute approximate surface area is 94.0 Å². The van der Waals surface area contributed by atoms with E-state index in [-0.39, 0.29) is 0 Å². The minimum atomic E-state index is 0.484. The molecule has 2 fully saturated rings. The highest BCUT2D eigenvalue weighted by atomic mass is 14.9. The molecule has 0 amide bonds. The summed E-state index contributed by atoms with van der Waals surface area (Å²) in [6.45, 7) is 1.26. The minimum absolute atomic E-state index is 0.484. The van der Waals surface area contributed by atoms with Crippen LogP contribution in [0.25, 0.3) is 0 Å². The summed E-state index contributed by atoms with van der Waals surface area (Å²) in [5, 5.41) is 3.76. The van der Waals surface area contributed by atoms with E-state index in [1.165, 1.54) is 64.3 Å². The number of rotatable bonds is 3. The van der Waals surface area contributed by atoms with Crippen molar-refractivity contribution in [1.82, 2.24) is 5.32 Å². The Morgan fingerprint density at radius 1 is 0.867 bits per heavy atom. The van der Waals surface area contributed by atoms with E-state index in [2.05, 4.69) is 5.32 Å². The van der Waals surface area contributed by atoms with Gasteiger partial charge in [0.15, 0.2) is 0 Å². The molecule has 2 rings (SSSR count). The number of hydrogen-bond donors (Lipinski definition) is 2. The lowest BCUT2D eigenvalue weighted by atomic mass is 9.88. The Morgan fingerprint density at radius 3 is 2.20 bits per heavy atom. The molecule has 2 heteroatoms. The zero-order valence-electron chi connectivity index (χ0n) is 9.88. The van der Waals surface area contributed by atoms with Gasteiger partial charge >= 0.3 is 0 Å². The van der Waals surface area contributed by atoms with Crippen molar-refractivity contribution in [2.75, 3.05) is 6.54 Å². The zero-order valence-corrected chi connectivity index (χ0v) is 9.88. The van der Waals surface area contributed by atoms with E-state index in [9.17, 15) is 0 Å². The molecule has 0 aromatic heterocycles. The third kappa shape index (κ3) is 3.76. The standard InChI is InChI=1S/C13H26N2/c14-12-6-8-13(9-7-12)15-10-11-4-2-1-3-5-11/h11-13,15H,1-10,14H2. The maximum Gasteiger partial charge on any atom is 0.00683 e. The van der Waals surface area contributed by atoms with Crippen LogP contribution < -0.4 is 11.1 Å². The van der Waals surface area contributed by atoms with Gasteiger partial charge in [0.2, 0.25) is 0 Å². The van der Waals surface area contributed by atoms with Crippen molar-refractivity contribution in [1.29, 1.82) is 0 Å². The summed E-state index contributed by atoms with van der Waals surface area (Å²) >= 11 is 0. The van der Waals surface area contributed by atoms with Gasteiger partial charge in [0.1, 0.15) is 0 Å². The highest BCUT2D eigenvalue weighted by Crippen LogP contribution is 2.24. The largest absolute Gasteiger partial charge is 0.328 e. The van der Waals surface area contributed by atoms with Gasteiger partial charge < -0.3 is 11.1 Å². The molecule has 0 atom stereocenters. The molecule has 0 aromatic carbocycles. The molecule has 2 saturated carbocycles. The molecule has 0 unspecified atom stereocenters. The number of nitrogens with one attached hydrogen (secondary N) is 1. The lowest BCUT2D eigenvalue weighted by Crippen LogP contribution is -2.39. The van der Waals surface area contributed by atoms with E-state index in [0.29, 0.717) is 6.04 Å². The molecule has 0 radical (unpaired) electrons. The van der Waals surface area contributed by atoms with Crippen LogP contribution in [0, 0.1) is 5.92 Å². The monoisotopic (exact) mass is 210 g/mol. The Kier molecular flexibility index (Phi) is 4.45. The van der Waals surface area contributed by atoms with Gasteiger partial charge in [0.05, 0.1) is 0 Å². The van der Waals surface area contributed by atoms with Crippen LogP contribution >= 0.6 is 0 Å². The van der Waals surface area contributed by atoms with E-state index in [0.717, 1.165) is 12.0 Å². The summed E-state index contributed by atoms with van der Waals surface area (Å²) < 4.78 is 0. The molecule has 0 spiro atoms. The van der Waals surface area contributed by atoms with E-state index < -0.39 is 0 Å². The number of nitrogens with two attached hydrogens (primary N) is 1. The Bertz CT molecular complexity index is 167. The topological polar surface area (TPSA) is 38.0 Å². The average Bonchev–Trinajstić information content (AvgIpc) is 2.30. The Balaban J connectivity index is 1.60. The van der Waals surface area contributed by atoms with Crippen molar-refractivity contribution in [3.8, 4) is 0 Å². The van der Waals surface area contributed by atoms with Gasteiger partial charge in [0, 0.05) is 12.1 Å². The zero-order chi connectivity index (χ0) is 10.5. The molecule has 88 valence electrons. The second-order valence-electron chi connectivity index (χ2n) is 5.52. The highest BCUT2D eigenvalue weighted by Gasteiger charge is 2.19. The van der Waals surface area contributed by atoms with E-state index in [4.69, 9.17) is 5.73 Å². The molecule has 0 heterocycles. The van der Waals surface area contributed by atoms with Gasteiger partial charge in [-0.1, -0.05) is 19.3 Å². The van der Waals surface area contributed by atoms with Crippen LogP contribution in [0.3, 0.4) is 0 Å². The van der Waals surface area contributed by atoms with Gasteiger partial charge in [0.25, 0.3) is 0 Å².